The van der Waals surface area contributed by atoms with E-state index in [1.807, 2.05) is 31.2 Å². The number of fused-ring (bicyclic) bond motifs is 1. The molecule has 1 amide bonds. The highest BCUT2D eigenvalue weighted by Gasteiger charge is 2.16. The third-order valence-corrected chi connectivity index (χ3v) is 4.04. The molecule has 0 saturated heterocycles. The zero-order valence-corrected chi connectivity index (χ0v) is 13.9. The van der Waals surface area contributed by atoms with Gasteiger partial charge in [0.25, 0.3) is 5.91 Å². The molecule has 122 valence electrons. The summed E-state index contributed by atoms with van der Waals surface area (Å²) in [4.78, 5) is 12.2. The van der Waals surface area contributed by atoms with E-state index in [9.17, 15) is 9.90 Å². The van der Waals surface area contributed by atoms with Gasteiger partial charge in [0.1, 0.15) is 0 Å². The standard InChI is InChI=1S/C18H16ClN3O2/c1-2-11-22-15-10-6-4-8-13(15)16(18(22)24)20-21-17(23)12-7-3-5-9-14(12)19/h3-10,24H,2,11H2,1H3. The van der Waals surface area contributed by atoms with Crippen LogP contribution in [0.1, 0.15) is 23.7 Å². The van der Waals surface area contributed by atoms with Crippen LogP contribution in [-0.2, 0) is 6.54 Å². The minimum Gasteiger partial charge on any atom is -0.493 e. The van der Waals surface area contributed by atoms with Gasteiger partial charge < -0.3 is 9.67 Å². The van der Waals surface area contributed by atoms with Crippen molar-refractivity contribution in [1.29, 1.82) is 0 Å². The minimum atomic E-state index is -0.549. The lowest BCUT2D eigenvalue weighted by atomic mass is 10.2. The van der Waals surface area contributed by atoms with Gasteiger partial charge >= 0.3 is 0 Å². The van der Waals surface area contributed by atoms with Gasteiger partial charge in [0.15, 0.2) is 5.69 Å². The molecular formula is C18H16ClN3O2. The summed E-state index contributed by atoms with van der Waals surface area (Å²) in [6, 6.07) is 14.1. The number of azo groups is 1. The second-order valence-corrected chi connectivity index (χ2v) is 5.73. The summed E-state index contributed by atoms with van der Waals surface area (Å²) >= 11 is 6.00. The second-order valence-electron chi connectivity index (χ2n) is 5.33. The first-order valence-electron chi connectivity index (χ1n) is 7.64. The highest BCUT2D eigenvalue weighted by molar-refractivity contribution is 6.33. The zero-order chi connectivity index (χ0) is 17.1. The Kier molecular flexibility index (Phi) is 4.62. The predicted octanol–water partition coefficient (Wildman–Crippen LogP) is 5.33. The number of carbonyl (C=O) groups excluding carboxylic acids is 1. The molecular weight excluding hydrogens is 326 g/mol. The molecule has 0 aliphatic carbocycles. The molecule has 24 heavy (non-hydrogen) atoms. The van der Waals surface area contributed by atoms with Crippen molar-refractivity contribution in [2.75, 3.05) is 0 Å². The lowest BCUT2D eigenvalue weighted by Crippen LogP contribution is -1.95. The number of para-hydroxylation sites is 1. The topological polar surface area (TPSA) is 66.9 Å². The van der Waals surface area contributed by atoms with Gasteiger partial charge in [0, 0.05) is 11.9 Å². The summed E-state index contributed by atoms with van der Waals surface area (Å²) < 4.78 is 1.77. The van der Waals surface area contributed by atoms with Crippen LogP contribution in [0, 0.1) is 0 Å². The summed E-state index contributed by atoms with van der Waals surface area (Å²) in [5.74, 6) is -0.541. The van der Waals surface area contributed by atoms with E-state index in [-0.39, 0.29) is 11.4 Å². The number of aromatic hydroxyl groups is 1. The van der Waals surface area contributed by atoms with Crippen LogP contribution in [0.2, 0.25) is 5.02 Å². The van der Waals surface area contributed by atoms with E-state index in [2.05, 4.69) is 10.2 Å². The molecule has 0 radical (unpaired) electrons. The average Bonchev–Trinajstić information content (AvgIpc) is 2.86. The molecule has 2 aromatic carbocycles. The number of hydrogen-bond acceptors (Lipinski definition) is 3. The van der Waals surface area contributed by atoms with Crippen LogP contribution in [0.5, 0.6) is 5.88 Å². The van der Waals surface area contributed by atoms with E-state index in [0.717, 1.165) is 17.3 Å². The maximum atomic E-state index is 12.2. The van der Waals surface area contributed by atoms with Gasteiger partial charge in [-0.2, -0.15) is 0 Å². The number of nitrogens with zero attached hydrogens (tertiary/aromatic N) is 3. The van der Waals surface area contributed by atoms with Crippen LogP contribution in [0.15, 0.2) is 58.8 Å². The maximum Gasteiger partial charge on any atom is 0.296 e. The Morgan fingerprint density at radius 3 is 2.62 bits per heavy atom. The van der Waals surface area contributed by atoms with Crippen LogP contribution < -0.4 is 0 Å². The van der Waals surface area contributed by atoms with Gasteiger partial charge in [-0.3, -0.25) is 4.79 Å². The Morgan fingerprint density at radius 2 is 1.88 bits per heavy atom. The van der Waals surface area contributed by atoms with Crippen molar-refractivity contribution < 1.29 is 9.90 Å². The van der Waals surface area contributed by atoms with Gasteiger partial charge in [0.2, 0.25) is 5.88 Å². The summed E-state index contributed by atoms with van der Waals surface area (Å²) in [6.07, 6.45) is 0.862. The number of carbonyl (C=O) groups is 1. The van der Waals surface area contributed by atoms with E-state index in [0.29, 0.717) is 17.3 Å². The average molecular weight is 342 g/mol. The lowest BCUT2D eigenvalue weighted by molar-refractivity contribution is 0.0995. The smallest absolute Gasteiger partial charge is 0.296 e. The first kappa shape index (κ1) is 16.2. The largest absolute Gasteiger partial charge is 0.493 e. The summed E-state index contributed by atoms with van der Waals surface area (Å²) in [5, 5.41) is 19.3. The zero-order valence-electron chi connectivity index (χ0n) is 13.1. The van der Waals surface area contributed by atoms with Gasteiger partial charge in [-0.15, -0.1) is 10.2 Å². The van der Waals surface area contributed by atoms with Crippen molar-refractivity contribution in [1.82, 2.24) is 4.57 Å². The fraction of sp³-hybridized carbons (Fsp3) is 0.167. The van der Waals surface area contributed by atoms with E-state index in [1.54, 1.807) is 28.8 Å². The Bertz CT molecular complexity index is 931. The SMILES string of the molecule is CCCn1c(O)c(N=NC(=O)c2ccccc2Cl)c2ccccc21. The van der Waals surface area contributed by atoms with Gasteiger partial charge in [-0.1, -0.05) is 48.9 Å². The lowest BCUT2D eigenvalue weighted by Gasteiger charge is -2.03. The van der Waals surface area contributed by atoms with Gasteiger partial charge in [-0.05, 0) is 24.6 Å². The van der Waals surface area contributed by atoms with Crippen LogP contribution in [-0.4, -0.2) is 15.6 Å². The number of hydrogen-bond donors (Lipinski definition) is 1. The summed E-state index contributed by atoms with van der Waals surface area (Å²) in [5.41, 5.74) is 1.43. The molecule has 1 N–H and O–H groups in total. The van der Waals surface area contributed by atoms with E-state index in [4.69, 9.17) is 11.6 Å². The van der Waals surface area contributed by atoms with Crippen LogP contribution in [0.25, 0.3) is 10.9 Å². The third kappa shape index (κ3) is 2.90. The monoisotopic (exact) mass is 341 g/mol. The number of rotatable bonds is 4. The van der Waals surface area contributed by atoms with Crippen molar-refractivity contribution >= 4 is 34.1 Å². The molecule has 0 aliphatic heterocycles. The Balaban J connectivity index is 2.03. The molecule has 0 fully saturated rings. The Morgan fingerprint density at radius 1 is 1.17 bits per heavy atom. The molecule has 3 aromatic rings. The predicted molar refractivity (Wildman–Crippen MR) is 94.2 cm³/mol. The molecule has 1 heterocycles. The molecule has 1 aromatic heterocycles. The first-order valence-corrected chi connectivity index (χ1v) is 8.02. The number of benzene rings is 2. The second kappa shape index (κ2) is 6.84. The highest BCUT2D eigenvalue weighted by atomic mass is 35.5. The molecule has 0 spiro atoms. The van der Waals surface area contributed by atoms with Crippen molar-refractivity contribution in [3.63, 3.8) is 0 Å². The van der Waals surface area contributed by atoms with Crippen LogP contribution in [0.4, 0.5) is 5.69 Å². The van der Waals surface area contributed by atoms with E-state index >= 15 is 0 Å². The number of halogens is 1. The normalized spacial score (nSPS) is 11.4. The van der Waals surface area contributed by atoms with Crippen molar-refractivity contribution in [2.45, 2.75) is 19.9 Å². The number of amides is 1. The Hall–Kier alpha value is -2.66. The molecule has 0 saturated carbocycles. The minimum absolute atomic E-state index is 0.00811. The highest BCUT2D eigenvalue weighted by Crippen LogP contribution is 2.39. The van der Waals surface area contributed by atoms with E-state index < -0.39 is 5.91 Å². The van der Waals surface area contributed by atoms with Crippen LogP contribution >= 0.6 is 11.6 Å². The molecule has 6 heteroatoms. The fourth-order valence-electron chi connectivity index (χ4n) is 2.60. The molecule has 3 rings (SSSR count). The Labute approximate surface area is 144 Å². The fourth-order valence-corrected chi connectivity index (χ4v) is 2.82. The maximum absolute atomic E-state index is 12.2. The summed E-state index contributed by atoms with van der Waals surface area (Å²) in [7, 11) is 0. The molecule has 0 aliphatic rings. The number of aromatic nitrogens is 1. The van der Waals surface area contributed by atoms with Crippen LogP contribution in [0.3, 0.4) is 0 Å². The van der Waals surface area contributed by atoms with Crippen molar-refractivity contribution in [3.8, 4) is 5.88 Å². The number of aryl methyl sites for hydroxylation is 1. The van der Waals surface area contributed by atoms with Crippen molar-refractivity contribution in [2.24, 2.45) is 10.2 Å². The summed E-state index contributed by atoms with van der Waals surface area (Å²) in [6.45, 7) is 2.68. The molecule has 0 bridgehead atoms. The molecule has 5 nitrogen and oxygen atoms in total. The quantitative estimate of drug-likeness (QED) is 0.651. The van der Waals surface area contributed by atoms with Gasteiger partial charge in [0.05, 0.1) is 16.1 Å². The third-order valence-electron chi connectivity index (χ3n) is 3.71. The first-order chi connectivity index (χ1) is 11.6. The molecule has 0 atom stereocenters. The molecule has 0 unspecified atom stereocenters. The van der Waals surface area contributed by atoms with E-state index in [1.165, 1.54) is 0 Å². The van der Waals surface area contributed by atoms with Gasteiger partial charge in [-0.25, -0.2) is 0 Å². The van der Waals surface area contributed by atoms with Crippen molar-refractivity contribution in [3.05, 3.63) is 59.1 Å².